The molecule has 0 bridgehead atoms. The topological polar surface area (TPSA) is 64.0 Å². The highest BCUT2D eigenvalue weighted by Gasteiger charge is 2.27. The van der Waals surface area contributed by atoms with Gasteiger partial charge in [0, 0.05) is 25.2 Å². The number of nitrogens with zero attached hydrogens (tertiary/aromatic N) is 2. The smallest absolute Gasteiger partial charge is 0.253 e. The number of aliphatic hydroxyl groups is 2. The number of likely N-dealkylation sites (N-methyl/N-ethyl adjacent to an activating group) is 1. The van der Waals surface area contributed by atoms with Gasteiger partial charge in [-0.25, -0.2) is 0 Å². The lowest BCUT2D eigenvalue weighted by molar-refractivity contribution is 0.0420. The van der Waals surface area contributed by atoms with E-state index >= 15 is 0 Å². The average Bonchev–Trinajstić information content (AvgIpc) is 2.52. The molecule has 0 radical (unpaired) electrons. The first-order valence-corrected chi connectivity index (χ1v) is 8.22. The van der Waals surface area contributed by atoms with Crippen molar-refractivity contribution in [3.8, 4) is 0 Å². The summed E-state index contributed by atoms with van der Waals surface area (Å²) in [5.74, 6) is 0.0191. The first kappa shape index (κ1) is 17.9. The maximum absolute atomic E-state index is 12.6. The van der Waals surface area contributed by atoms with Crippen molar-refractivity contribution in [2.24, 2.45) is 0 Å². The Morgan fingerprint density at radius 1 is 1.26 bits per heavy atom. The molecule has 1 atom stereocenters. The van der Waals surface area contributed by atoms with Crippen molar-refractivity contribution in [2.75, 3.05) is 33.3 Å². The number of rotatable bonds is 5. The number of hydrogen-bond acceptors (Lipinski definition) is 4. The molecule has 1 aromatic carbocycles. The predicted molar refractivity (Wildman–Crippen MR) is 90.5 cm³/mol. The van der Waals surface area contributed by atoms with Crippen LogP contribution < -0.4 is 0 Å². The van der Waals surface area contributed by atoms with E-state index in [1.165, 1.54) is 0 Å². The molecule has 0 unspecified atom stereocenters. The van der Waals surface area contributed by atoms with Crippen LogP contribution >= 0.6 is 0 Å². The van der Waals surface area contributed by atoms with Gasteiger partial charge in [0.25, 0.3) is 5.91 Å². The number of carbonyl (C=O) groups is 1. The van der Waals surface area contributed by atoms with Crippen LogP contribution in [-0.4, -0.2) is 70.9 Å². The molecule has 1 amide bonds. The van der Waals surface area contributed by atoms with Crippen LogP contribution in [0, 0.1) is 0 Å². The standard InChI is InChI=1S/C18H28N2O3/c1-18(2,23)9-8-14-4-6-15(7-5-14)17(22)20-11-10-19(3)16(12-20)13-21/h4-7,16,21,23H,8-13H2,1-3H3/t16-/m0/s1. The van der Waals surface area contributed by atoms with E-state index in [1.54, 1.807) is 13.8 Å². The average molecular weight is 320 g/mol. The second-order valence-electron chi connectivity index (χ2n) is 7.08. The van der Waals surface area contributed by atoms with Gasteiger partial charge < -0.3 is 15.1 Å². The highest BCUT2D eigenvalue weighted by molar-refractivity contribution is 5.94. The Kier molecular flexibility index (Phi) is 5.79. The van der Waals surface area contributed by atoms with Crippen molar-refractivity contribution in [1.29, 1.82) is 0 Å². The van der Waals surface area contributed by atoms with Gasteiger partial charge in [-0.1, -0.05) is 12.1 Å². The zero-order valence-corrected chi connectivity index (χ0v) is 14.3. The third-order valence-electron chi connectivity index (χ3n) is 4.50. The van der Waals surface area contributed by atoms with Crippen molar-refractivity contribution >= 4 is 5.91 Å². The van der Waals surface area contributed by atoms with Crippen LogP contribution in [0.5, 0.6) is 0 Å². The molecule has 128 valence electrons. The lowest BCUT2D eigenvalue weighted by atomic mass is 9.98. The summed E-state index contributed by atoms with van der Waals surface area (Å²) >= 11 is 0. The molecule has 2 rings (SSSR count). The number of piperazine rings is 1. The Morgan fingerprint density at radius 3 is 2.48 bits per heavy atom. The van der Waals surface area contributed by atoms with Crippen LogP contribution in [0.2, 0.25) is 0 Å². The predicted octanol–water partition coefficient (Wildman–Crippen LogP) is 1.14. The first-order valence-electron chi connectivity index (χ1n) is 8.22. The Bertz CT molecular complexity index is 522. The third-order valence-corrected chi connectivity index (χ3v) is 4.50. The van der Waals surface area contributed by atoms with Crippen molar-refractivity contribution in [2.45, 2.75) is 38.3 Å². The molecule has 0 saturated carbocycles. The van der Waals surface area contributed by atoms with E-state index in [2.05, 4.69) is 4.90 Å². The second kappa shape index (κ2) is 7.43. The van der Waals surface area contributed by atoms with Crippen LogP contribution in [0.3, 0.4) is 0 Å². The lowest BCUT2D eigenvalue weighted by Gasteiger charge is -2.38. The van der Waals surface area contributed by atoms with Crippen LogP contribution in [-0.2, 0) is 6.42 Å². The number of hydrogen-bond donors (Lipinski definition) is 2. The third kappa shape index (κ3) is 5.03. The summed E-state index contributed by atoms with van der Waals surface area (Å²) in [6, 6.07) is 7.64. The summed E-state index contributed by atoms with van der Waals surface area (Å²) < 4.78 is 0. The zero-order chi connectivity index (χ0) is 17.0. The van der Waals surface area contributed by atoms with Crippen LogP contribution in [0.4, 0.5) is 0 Å². The van der Waals surface area contributed by atoms with Gasteiger partial charge in [0.15, 0.2) is 0 Å². The lowest BCUT2D eigenvalue weighted by Crippen LogP contribution is -2.54. The van der Waals surface area contributed by atoms with E-state index in [0.29, 0.717) is 25.1 Å². The molecule has 1 saturated heterocycles. The summed E-state index contributed by atoms with van der Waals surface area (Å²) in [6.45, 7) is 5.70. The molecule has 1 aliphatic heterocycles. The summed E-state index contributed by atoms with van der Waals surface area (Å²) in [5, 5.41) is 19.2. The Balaban J connectivity index is 1.97. The molecular weight excluding hydrogens is 292 g/mol. The number of carbonyl (C=O) groups excluding carboxylic acids is 1. The van der Waals surface area contributed by atoms with Gasteiger partial charge in [-0.05, 0) is 51.4 Å². The fourth-order valence-electron chi connectivity index (χ4n) is 2.77. The highest BCUT2D eigenvalue weighted by Crippen LogP contribution is 2.16. The van der Waals surface area contributed by atoms with E-state index in [4.69, 9.17) is 0 Å². The maximum Gasteiger partial charge on any atom is 0.253 e. The molecule has 23 heavy (non-hydrogen) atoms. The second-order valence-corrected chi connectivity index (χ2v) is 7.08. The number of amides is 1. The first-order chi connectivity index (χ1) is 10.8. The fourth-order valence-corrected chi connectivity index (χ4v) is 2.77. The molecule has 1 heterocycles. The van der Waals surface area contributed by atoms with Crippen molar-refractivity contribution in [3.63, 3.8) is 0 Å². The van der Waals surface area contributed by atoms with E-state index in [0.717, 1.165) is 18.5 Å². The zero-order valence-electron chi connectivity index (χ0n) is 14.3. The minimum absolute atomic E-state index is 0.0127. The maximum atomic E-state index is 12.6. The molecule has 2 N–H and O–H groups in total. The number of aryl methyl sites for hydroxylation is 1. The summed E-state index contributed by atoms with van der Waals surface area (Å²) in [5.41, 5.74) is 1.13. The van der Waals surface area contributed by atoms with Gasteiger partial charge in [-0.2, -0.15) is 0 Å². The Hall–Kier alpha value is -1.43. The quantitative estimate of drug-likeness (QED) is 0.854. The van der Waals surface area contributed by atoms with Gasteiger partial charge in [0.05, 0.1) is 18.2 Å². The van der Waals surface area contributed by atoms with Crippen molar-refractivity contribution in [3.05, 3.63) is 35.4 Å². The van der Waals surface area contributed by atoms with Gasteiger partial charge in [0.2, 0.25) is 0 Å². The summed E-state index contributed by atoms with van der Waals surface area (Å²) in [6.07, 6.45) is 1.48. The van der Waals surface area contributed by atoms with Crippen molar-refractivity contribution < 1.29 is 15.0 Å². The molecule has 1 fully saturated rings. The fraction of sp³-hybridized carbons (Fsp3) is 0.611. The van der Waals surface area contributed by atoms with Crippen molar-refractivity contribution in [1.82, 2.24) is 9.80 Å². The largest absolute Gasteiger partial charge is 0.395 e. The van der Waals surface area contributed by atoms with E-state index in [1.807, 2.05) is 36.2 Å². The molecule has 1 aromatic rings. The van der Waals surface area contributed by atoms with Gasteiger partial charge in [0.1, 0.15) is 0 Å². The molecule has 5 heteroatoms. The minimum atomic E-state index is -0.673. The van der Waals surface area contributed by atoms with Crippen LogP contribution in [0.25, 0.3) is 0 Å². The van der Waals surface area contributed by atoms with Crippen LogP contribution in [0.15, 0.2) is 24.3 Å². The monoisotopic (exact) mass is 320 g/mol. The summed E-state index contributed by atoms with van der Waals surface area (Å²) in [4.78, 5) is 16.5. The van der Waals surface area contributed by atoms with E-state index in [-0.39, 0.29) is 18.6 Å². The van der Waals surface area contributed by atoms with E-state index < -0.39 is 5.60 Å². The highest BCUT2D eigenvalue weighted by atomic mass is 16.3. The Labute approximate surface area is 138 Å². The molecule has 0 spiro atoms. The number of benzene rings is 1. The number of aliphatic hydroxyl groups excluding tert-OH is 1. The van der Waals surface area contributed by atoms with Crippen LogP contribution in [0.1, 0.15) is 36.2 Å². The minimum Gasteiger partial charge on any atom is -0.395 e. The van der Waals surface area contributed by atoms with Gasteiger partial charge >= 0.3 is 0 Å². The van der Waals surface area contributed by atoms with Gasteiger partial charge in [-0.3, -0.25) is 9.69 Å². The molecular formula is C18H28N2O3. The van der Waals surface area contributed by atoms with E-state index in [9.17, 15) is 15.0 Å². The summed E-state index contributed by atoms with van der Waals surface area (Å²) in [7, 11) is 1.97. The molecule has 0 aromatic heterocycles. The molecule has 0 aliphatic carbocycles. The molecule has 1 aliphatic rings. The van der Waals surface area contributed by atoms with Gasteiger partial charge in [-0.15, -0.1) is 0 Å². The molecule has 5 nitrogen and oxygen atoms in total. The SMILES string of the molecule is CN1CCN(C(=O)c2ccc(CCC(C)(C)O)cc2)C[C@H]1CO. The normalized spacial score (nSPS) is 19.9. The Morgan fingerprint density at radius 2 is 1.91 bits per heavy atom.